The standard InChI is InChI=1S/C16H32O2.C6H10O4.C6H14O3/c1-2-3-4-5-6-7-8-9-10-11-12-13-14-15-16(17)18;7-5(8)3-1-2-4-6(9)10;1-2-6(3-7,4-8)5-9/h2-15H2,1H3,(H,17,18);1-4H2,(H,7,8)(H,9,10);7-9H,2-5H2,1H3. The van der Waals surface area contributed by atoms with Gasteiger partial charge in [0.05, 0.1) is 19.8 Å². The van der Waals surface area contributed by atoms with Crippen LogP contribution in [0, 0.1) is 5.41 Å². The van der Waals surface area contributed by atoms with Crippen molar-refractivity contribution in [2.75, 3.05) is 19.8 Å². The van der Waals surface area contributed by atoms with Crippen molar-refractivity contribution in [2.45, 2.75) is 136 Å². The van der Waals surface area contributed by atoms with E-state index in [9.17, 15) is 14.4 Å². The van der Waals surface area contributed by atoms with Crippen LogP contribution in [0.2, 0.25) is 0 Å². The van der Waals surface area contributed by atoms with Crippen LogP contribution >= 0.6 is 0 Å². The van der Waals surface area contributed by atoms with Gasteiger partial charge in [0.15, 0.2) is 0 Å². The van der Waals surface area contributed by atoms with Crippen molar-refractivity contribution >= 4 is 17.9 Å². The van der Waals surface area contributed by atoms with Crippen LogP contribution < -0.4 is 0 Å². The minimum atomic E-state index is -0.870. The van der Waals surface area contributed by atoms with Crippen LogP contribution in [0.3, 0.4) is 0 Å². The lowest BCUT2D eigenvalue weighted by atomic mass is 9.88. The first-order valence-corrected chi connectivity index (χ1v) is 14.1. The second-order valence-corrected chi connectivity index (χ2v) is 9.71. The van der Waals surface area contributed by atoms with E-state index in [1.165, 1.54) is 70.6 Å². The van der Waals surface area contributed by atoms with Crippen LogP contribution in [0.5, 0.6) is 0 Å². The zero-order valence-electron chi connectivity index (χ0n) is 23.5. The maximum atomic E-state index is 10.3. The Balaban J connectivity index is -0.000000515. The van der Waals surface area contributed by atoms with Crippen molar-refractivity contribution in [3.8, 4) is 0 Å². The Morgan fingerprint density at radius 2 is 0.703 bits per heavy atom. The Labute approximate surface area is 224 Å². The molecule has 0 aliphatic heterocycles. The summed E-state index contributed by atoms with van der Waals surface area (Å²) in [6, 6.07) is 0. The SMILES string of the molecule is CCC(CO)(CO)CO.CCCCCCCCCCCCCCCC(=O)O.O=C(O)CCCCC(=O)O. The number of unbranched alkanes of at least 4 members (excludes halogenated alkanes) is 13. The lowest BCUT2D eigenvalue weighted by molar-refractivity contribution is -0.139. The van der Waals surface area contributed by atoms with Gasteiger partial charge >= 0.3 is 17.9 Å². The third kappa shape index (κ3) is 34.3. The van der Waals surface area contributed by atoms with Gasteiger partial charge in [-0.3, -0.25) is 14.4 Å². The third-order valence-electron chi connectivity index (χ3n) is 6.28. The molecule has 0 rings (SSSR count). The summed E-state index contributed by atoms with van der Waals surface area (Å²) in [6.45, 7) is 3.61. The number of aliphatic carboxylic acids is 3. The smallest absolute Gasteiger partial charge is 0.303 e. The van der Waals surface area contributed by atoms with Crippen LogP contribution in [0.1, 0.15) is 136 Å². The van der Waals surface area contributed by atoms with Gasteiger partial charge in [-0.05, 0) is 25.7 Å². The van der Waals surface area contributed by atoms with E-state index in [1.54, 1.807) is 0 Å². The zero-order valence-corrected chi connectivity index (χ0v) is 23.5. The van der Waals surface area contributed by atoms with Gasteiger partial charge in [0, 0.05) is 24.7 Å². The number of hydrogen-bond donors (Lipinski definition) is 6. The predicted octanol–water partition coefficient (Wildman–Crippen LogP) is 5.63. The molecule has 6 N–H and O–H groups in total. The molecule has 0 aromatic heterocycles. The average Bonchev–Trinajstić information content (AvgIpc) is 2.87. The number of hydrogen-bond acceptors (Lipinski definition) is 6. The maximum absolute atomic E-state index is 10.3. The van der Waals surface area contributed by atoms with Crippen LogP contribution in [-0.4, -0.2) is 68.4 Å². The molecule has 0 aliphatic rings. The second kappa shape index (κ2) is 30.5. The second-order valence-electron chi connectivity index (χ2n) is 9.71. The Bertz CT molecular complexity index is 486. The van der Waals surface area contributed by atoms with Gasteiger partial charge in [-0.1, -0.05) is 90.9 Å². The number of carboxylic acids is 3. The van der Waals surface area contributed by atoms with Gasteiger partial charge in [0.2, 0.25) is 0 Å². The summed E-state index contributed by atoms with van der Waals surface area (Å²) in [5.74, 6) is -2.39. The molecule has 0 radical (unpaired) electrons. The van der Waals surface area contributed by atoms with E-state index in [0.717, 1.165) is 12.8 Å². The van der Waals surface area contributed by atoms with Crippen LogP contribution in [-0.2, 0) is 14.4 Å². The summed E-state index contributed by atoms with van der Waals surface area (Å²) < 4.78 is 0. The highest BCUT2D eigenvalue weighted by atomic mass is 16.4. The van der Waals surface area contributed by atoms with Crippen molar-refractivity contribution < 1.29 is 45.0 Å². The van der Waals surface area contributed by atoms with Gasteiger partial charge in [-0.2, -0.15) is 0 Å². The molecule has 0 aromatic carbocycles. The molecule has 0 unspecified atom stereocenters. The largest absolute Gasteiger partial charge is 0.481 e. The summed E-state index contributed by atoms with van der Waals surface area (Å²) in [7, 11) is 0. The molecule has 0 atom stereocenters. The summed E-state index contributed by atoms with van der Waals surface area (Å²) in [5, 5.41) is 50.7. The number of carboxylic acid groups (broad SMARTS) is 3. The molecule has 37 heavy (non-hydrogen) atoms. The van der Waals surface area contributed by atoms with Crippen LogP contribution in [0.4, 0.5) is 0 Å². The van der Waals surface area contributed by atoms with Crippen molar-refractivity contribution in [2.24, 2.45) is 5.41 Å². The topological polar surface area (TPSA) is 173 Å². The van der Waals surface area contributed by atoms with E-state index in [4.69, 9.17) is 30.6 Å². The van der Waals surface area contributed by atoms with Crippen molar-refractivity contribution in [3.63, 3.8) is 0 Å². The molecule has 0 fully saturated rings. The highest BCUT2D eigenvalue weighted by Crippen LogP contribution is 2.18. The van der Waals surface area contributed by atoms with E-state index in [-0.39, 0.29) is 32.7 Å². The molecule has 0 amide bonds. The summed E-state index contributed by atoms with van der Waals surface area (Å²) in [5.41, 5.74) is -0.667. The third-order valence-corrected chi connectivity index (χ3v) is 6.28. The summed E-state index contributed by atoms with van der Waals surface area (Å²) in [6.07, 6.45) is 18.9. The molecule has 0 saturated carbocycles. The molecule has 0 bridgehead atoms. The molecule has 222 valence electrons. The monoisotopic (exact) mass is 536 g/mol. The minimum Gasteiger partial charge on any atom is -0.481 e. The Morgan fingerprint density at radius 1 is 0.459 bits per heavy atom. The van der Waals surface area contributed by atoms with Crippen molar-refractivity contribution in [1.29, 1.82) is 0 Å². The van der Waals surface area contributed by atoms with Gasteiger partial charge in [0.25, 0.3) is 0 Å². The van der Waals surface area contributed by atoms with Gasteiger partial charge in [0.1, 0.15) is 0 Å². The quantitative estimate of drug-likeness (QED) is 0.0905. The lowest BCUT2D eigenvalue weighted by Crippen LogP contribution is -2.32. The van der Waals surface area contributed by atoms with Crippen molar-refractivity contribution in [1.82, 2.24) is 0 Å². The minimum absolute atomic E-state index is 0.0628. The number of carbonyl (C=O) groups is 3. The first-order valence-electron chi connectivity index (χ1n) is 14.1. The van der Waals surface area contributed by atoms with Crippen LogP contribution in [0.15, 0.2) is 0 Å². The normalized spacial score (nSPS) is 10.6. The Kier molecular flexibility index (Phi) is 32.8. The number of rotatable bonds is 23. The lowest BCUT2D eigenvalue weighted by Gasteiger charge is -2.24. The molecular formula is C28H56O9. The molecule has 0 aliphatic carbocycles. The molecule has 0 spiro atoms. The fourth-order valence-electron chi connectivity index (χ4n) is 3.33. The van der Waals surface area contributed by atoms with E-state index in [0.29, 0.717) is 25.7 Å². The molecule has 9 nitrogen and oxygen atoms in total. The summed E-state index contributed by atoms with van der Waals surface area (Å²) in [4.78, 5) is 30.1. The van der Waals surface area contributed by atoms with E-state index in [1.807, 2.05) is 6.92 Å². The molecule has 0 aromatic rings. The maximum Gasteiger partial charge on any atom is 0.303 e. The first kappa shape index (κ1) is 39.8. The predicted molar refractivity (Wildman–Crippen MR) is 146 cm³/mol. The Hall–Kier alpha value is -1.71. The van der Waals surface area contributed by atoms with E-state index in [2.05, 4.69) is 6.92 Å². The average molecular weight is 537 g/mol. The van der Waals surface area contributed by atoms with Gasteiger partial charge < -0.3 is 30.6 Å². The zero-order chi connectivity index (χ0) is 28.8. The first-order chi connectivity index (χ1) is 17.6. The molecular weight excluding hydrogens is 480 g/mol. The number of aliphatic hydroxyl groups is 3. The highest BCUT2D eigenvalue weighted by Gasteiger charge is 2.24. The van der Waals surface area contributed by atoms with E-state index >= 15 is 0 Å². The highest BCUT2D eigenvalue weighted by molar-refractivity contribution is 5.68. The van der Waals surface area contributed by atoms with Crippen LogP contribution in [0.25, 0.3) is 0 Å². The molecule has 0 saturated heterocycles. The van der Waals surface area contributed by atoms with Gasteiger partial charge in [-0.15, -0.1) is 0 Å². The molecule has 0 heterocycles. The fourth-order valence-corrected chi connectivity index (χ4v) is 3.33. The summed E-state index contributed by atoms with van der Waals surface area (Å²) >= 11 is 0. The number of aliphatic hydroxyl groups excluding tert-OH is 3. The fraction of sp³-hybridized carbons (Fsp3) is 0.893. The van der Waals surface area contributed by atoms with E-state index < -0.39 is 23.3 Å². The Morgan fingerprint density at radius 3 is 0.892 bits per heavy atom. The van der Waals surface area contributed by atoms with Gasteiger partial charge in [-0.25, -0.2) is 0 Å². The molecule has 9 heteroatoms. The van der Waals surface area contributed by atoms with Crippen molar-refractivity contribution in [3.05, 3.63) is 0 Å².